The van der Waals surface area contributed by atoms with Gasteiger partial charge in [0.1, 0.15) is 5.82 Å². The number of carbonyl (C=O) groups is 1. The molecule has 1 heterocycles. The van der Waals surface area contributed by atoms with Gasteiger partial charge in [-0.1, -0.05) is 24.3 Å². The van der Waals surface area contributed by atoms with Crippen molar-refractivity contribution in [3.8, 4) is 0 Å². The van der Waals surface area contributed by atoms with Crippen molar-refractivity contribution in [2.45, 2.75) is 19.3 Å². The Kier molecular flexibility index (Phi) is 3.60. The van der Waals surface area contributed by atoms with Crippen LogP contribution in [0.5, 0.6) is 0 Å². The highest BCUT2D eigenvalue weighted by atomic mass is 19.1. The molecule has 0 spiro atoms. The minimum atomic E-state index is -0.395. The molecule has 4 heteroatoms. The van der Waals surface area contributed by atoms with Gasteiger partial charge in [-0.2, -0.15) is 0 Å². The molecule has 0 saturated carbocycles. The summed E-state index contributed by atoms with van der Waals surface area (Å²) >= 11 is 0. The van der Waals surface area contributed by atoms with Gasteiger partial charge < -0.3 is 10.6 Å². The van der Waals surface area contributed by atoms with Gasteiger partial charge in [0.15, 0.2) is 0 Å². The van der Waals surface area contributed by atoms with Crippen LogP contribution < -0.4 is 10.6 Å². The summed E-state index contributed by atoms with van der Waals surface area (Å²) in [6.07, 6.45) is 0.345. The Morgan fingerprint density at radius 1 is 1.33 bits per heavy atom. The molecule has 2 aromatic carbocycles. The van der Waals surface area contributed by atoms with Crippen molar-refractivity contribution < 1.29 is 9.18 Å². The van der Waals surface area contributed by atoms with Crippen molar-refractivity contribution in [3.05, 3.63) is 59.4 Å². The van der Waals surface area contributed by atoms with E-state index in [1.54, 1.807) is 12.1 Å². The minimum absolute atomic E-state index is 0.134. The third kappa shape index (κ3) is 2.89. The summed E-state index contributed by atoms with van der Waals surface area (Å²) < 4.78 is 13.7. The lowest BCUT2D eigenvalue weighted by atomic mass is 9.97. The van der Waals surface area contributed by atoms with E-state index >= 15 is 0 Å². The number of aryl methyl sites for hydroxylation is 1. The van der Waals surface area contributed by atoms with Gasteiger partial charge in [0, 0.05) is 24.6 Å². The molecule has 1 unspecified atom stereocenters. The monoisotopic (exact) mass is 284 g/mol. The molecule has 0 aromatic heterocycles. The van der Waals surface area contributed by atoms with Gasteiger partial charge in [0.2, 0.25) is 5.91 Å². The number of para-hydroxylation sites is 1. The Hall–Kier alpha value is -2.36. The number of fused-ring (bicyclic) bond motifs is 1. The van der Waals surface area contributed by atoms with Crippen molar-refractivity contribution in [1.29, 1.82) is 0 Å². The Morgan fingerprint density at radius 3 is 2.95 bits per heavy atom. The largest absolute Gasteiger partial charge is 0.384 e. The number of hydrogen-bond acceptors (Lipinski definition) is 2. The van der Waals surface area contributed by atoms with Crippen molar-refractivity contribution in [2.75, 3.05) is 17.2 Å². The number of amides is 1. The summed E-state index contributed by atoms with van der Waals surface area (Å²) in [6.45, 7) is 2.55. The maximum atomic E-state index is 13.7. The number of nitrogens with one attached hydrogen (secondary N) is 2. The lowest BCUT2D eigenvalue weighted by Gasteiger charge is -2.11. The highest BCUT2D eigenvalue weighted by Crippen LogP contribution is 2.33. The van der Waals surface area contributed by atoms with Crippen molar-refractivity contribution in [1.82, 2.24) is 0 Å². The van der Waals surface area contributed by atoms with Crippen LogP contribution in [0, 0.1) is 12.7 Å². The summed E-state index contributed by atoms with van der Waals surface area (Å²) in [5.74, 6) is -0.427. The number of hydrogen-bond donors (Lipinski definition) is 2. The molecule has 3 rings (SSSR count). The molecule has 3 nitrogen and oxygen atoms in total. The van der Waals surface area contributed by atoms with Gasteiger partial charge in [0.25, 0.3) is 0 Å². The first kappa shape index (κ1) is 13.6. The van der Waals surface area contributed by atoms with Gasteiger partial charge in [-0.05, 0) is 36.2 Å². The molecular formula is C17H17FN2O. The van der Waals surface area contributed by atoms with E-state index in [2.05, 4.69) is 10.6 Å². The SMILES string of the molecule is Cc1ccc(NC(=O)CC2CNc3ccccc32)c(F)c1. The average Bonchev–Trinajstić information content (AvgIpc) is 2.85. The molecule has 0 bridgehead atoms. The molecular weight excluding hydrogens is 267 g/mol. The summed E-state index contributed by atoms with van der Waals surface area (Å²) in [4.78, 5) is 12.1. The molecule has 1 aliphatic rings. The van der Waals surface area contributed by atoms with Gasteiger partial charge in [0.05, 0.1) is 5.69 Å². The van der Waals surface area contributed by atoms with Crippen LogP contribution in [0.2, 0.25) is 0 Å². The van der Waals surface area contributed by atoms with Crippen LogP contribution in [0.15, 0.2) is 42.5 Å². The summed E-state index contributed by atoms with van der Waals surface area (Å²) in [5.41, 5.74) is 3.30. The fraction of sp³-hybridized carbons (Fsp3) is 0.235. The Bertz CT molecular complexity index is 684. The quantitative estimate of drug-likeness (QED) is 0.903. The van der Waals surface area contributed by atoms with Crippen LogP contribution in [0.25, 0.3) is 0 Å². The lowest BCUT2D eigenvalue weighted by Crippen LogP contribution is -2.17. The number of benzene rings is 2. The van der Waals surface area contributed by atoms with E-state index in [9.17, 15) is 9.18 Å². The number of rotatable bonds is 3. The fourth-order valence-corrected chi connectivity index (χ4v) is 2.69. The minimum Gasteiger partial charge on any atom is -0.384 e. The zero-order valence-corrected chi connectivity index (χ0v) is 11.8. The molecule has 2 aromatic rings. The second-order valence-electron chi connectivity index (χ2n) is 5.40. The lowest BCUT2D eigenvalue weighted by molar-refractivity contribution is -0.116. The van der Waals surface area contributed by atoms with E-state index < -0.39 is 5.82 Å². The third-order valence-corrected chi connectivity index (χ3v) is 3.77. The predicted octanol–water partition coefficient (Wildman–Crippen LogP) is 3.67. The first-order valence-electron chi connectivity index (χ1n) is 7.02. The number of anilines is 2. The van der Waals surface area contributed by atoms with Gasteiger partial charge in [-0.3, -0.25) is 4.79 Å². The standard InChI is InChI=1S/C17H17FN2O/c1-11-6-7-16(14(18)8-11)20-17(21)9-12-10-19-15-5-3-2-4-13(12)15/h2-8,12,19H,9-10H2,1H3,(H,20,21). The number of carbonyl (C=O) groups excluding carboxylic acids is 1. The van der Waals surface area contributed by atoms with E-state index in [1.807, 2.05) is 31.2 Å². The van der Waals surface area contributed by atoms with Crippen molar-refractivity contribution in [3.63, 3.8) is 0 Å². The molecule has 1 amide bonds. The normalized spacial score (nSPS) is 16.2. The highest BCUT2D eigenvalue weighted by molar-refractivity contribution is 5.91. The van der Waals surface area contributed by atoms with Crippen LogP contribution in [0.1, 0.15) is 23.5 Å². The van der Waals surface area contributed by atoms with E-state index in [4.69, 9.17) is 0 Å². The van der Waals surface area contributed by atoms with E-state index in [0.29, 0.717) is 6.42 Å². The zero-order valence-electron chi connectivity index (χ0n) is 11.8. The van der Waals surface area contributed by atoms with Crippen LogP contribution >= 0.6 is 0 Å². The maximum absolute atomic E-state index is 13.7. The second-order valence-corrected chi connectivity index (χ2v) is 5.40. The van der Waals surface area contributed by atoms with Gasteiger partial charge >= 0.3 is 0 Å². The smallest absolute Gasteiger partial charge is 0.225 e. The van der Waals surface area contributed by atoms with E-state index in [0.717, 1.165) is 23.4 Å². The summed E-state index contributed by atoms with van der Waals surface area (Å²) in [6, 6.07) is 12.8. The summed E-state index contributed by atoms with van der Waals surface area (Å²) in [7, 11) is 0. The first-order chi connectivity index (χ1) is 10.1. The number of halogens is 1. The molecule has 1 aliphatic heterocycles. The highest BCUT2D eigenvalue weighted by Gasteiger charge is 2.24. The third-order valence-electron chi connectivity index (χ3n) is 3.77. The van der Waals surface area contributed by atoms with E-state index in [-0.39, 0.29) is 17.5 Å². The average molecular weight is 284 g/mol. The molecule has 21 heavy (non-hydrogen) atoms. The van der Waals surface area contributed by atoms with Crippen LogP contribution in [-0.2, 0) is 4.79 Å². The van der Waals surface area contributed by atoms with Crippen LogP contribution in [0.3, 0.4) is 0 Å². The van der Waals surface area contributed by atoms with Crippen molar-refractivity contribution >= 4 is 17.3 Å². The Balaban J connectivity index is 1.68. The summed E-state index contributed by atoms with van der Waals surface area (Å²) in [5, 5.41) is 5.94. The van der Waals surface area contributed by atoms with Gasteiger partial charge in [-0.15, -0.1) is 0 Å². The Labute approximate surface area is 123 Å². The Morgan fingerprint density at radius 2 is 2.14 bits per heavy atom. The molecule has 0 radical (unpaired) electrons. The molecule has 108 valence electrons. The van der Waals surface area contributed by atoms with Crippen molar-refractivity contribution in [2.24, 2.45) is 0 Å². The molecule has 0 saturated heterocycles. The predicted molar refractivity (Wildman–Crippen MR) is 82.1 cm³/mol. The van der Waals surface area contributed by atoms with Gasteiger partial charge in [-0.25, -0.2) is 4.39 Å². The molecule has 0 fully saturated rings. The fourth-order valence-electron chi connectivity index (χ4n) is 2.69. The van der Waals surface area contributed by atoms with Crippen LogP contribution in [0.4, 0.5) is 15.8 Å². The maximum Gasteiger partial charge on any atom is 0.225 e. The molecule has 2 N–H and O–H groups in total. The van der Waals surface area contributed by atoms with E-state index in [1.165, 1.54) is 6.07 Å². The zero-order chi connectivity index (χ0) is 14.8. The van der Waals surface area contributed by atoms with Crippen LogP contribution in [-0.4, -0.2) is 12.5 Å². The molecule has 1 atom stereocenters. The first-order valence-corrected chi connectivity index (χ1v) is 7.02. The second kappa shape index (κ2) is 5.56. The molecule has 0 aliphatic carbocycles. The topological polar surface area (TPSA) is 41.1 Å².